The summed E-state index contributed by atoms with van der Waals surface area (Å²) in [7, 11) is 0. The van der Waals surface area contributed by atoms with Crippen LogP contribution >= 0.6 is 11.6 Å². The first-order valence-electron chi connectivity index (χ1n) is 8.02. The lowest BCUT2D eigenvalue weighted by atomic mass is 9.95. The number of rotatable bonds is 6. The highest BCUT2D eigenvalue weighted by molar-refractivity contribution is 6.31. The van der Waals surface area contributed by atoms with E-state index in [1.165, 1.54) is 12.8 Å². The zero-order valence-electron chi connectivity index (χ0n) is 12.9. The second kappa shape index (κ2) is 6.95. The summed E-state index contributed by atoms with van der Waals surface area (Å²) in [6, 6.07) is 0. The van der Waals surface area contributed by atoms with Gasteiger partial charge in [-0.05, 0) is 38.0 Å². The fourth-order valence-electron chi connectivity index (χ4n) is 3.41. The molecule has 0 aliphatic heterocycles. The van der Waals surface area contributed by atoms with E-state index in [4.69, 9.17) is 11.6 Å². The van der Waals surface area contributed by atoms with Crippen LogP contribution in [0.5, 0.6) is 0 Å². The van der Waals surface area contributed by atoms with Crippen LogP contribution in [-0.2, 0) is 19.4 Å². The lowest BCUT2D eigenvalue weighted by molar-refractivity contribution is 0.106. The molecule has 4 heteroatoms. The number of aromatic nitrogens is 2. The van der Waals surface area contributed by atoms with Crippen molar-refractivity contribution >= 4 is 11.6 Å². The van der Waals surface area contributed by atoms with Crippen LogP contribution in [0.25, 0.3) is 0 Å². The van der Waals surface area contributed by atoms with E-state index in [1.807, 2.05) is 4.68 Å². The maximum absolute atomic E-state index is 10.5. The summed E-state index contributed by atoms with van der Waals surface area (Å²) < 4.78 is 1.96. The van der Waals surface area contributed by atoms with Gasteiger partial charge in [-0.2, -0.15) is 5.10 Å². The molecule has 1 N–H and O–H groups in total. The number of hydrogen-bond donors (Lipinski definition) is 1. The van der Waals surface area contributed by atoms with Gasteiger partial charge in [0.2, 0.25) is 0 Å². The summed E-state index contributed by atoms with van der Waals surface area (Å²) in [4.78, 5) is 0. The van der Waals surface area contributed by atoms with Crippen molar-refractivity contribution in [3.8, 4) is 0 Å². The molecule has 3 atom stereocenters. The summed E-state index contributed by atoms with van der Waals surface area (Å²) >= 11 is 6.42. The summed E-state index contributed by atoms with van der Waals surface area (Å²) in [5.74, 6) is 1.23. The zero-order chi connectivity index (χ0) is 14.7. The molecule has 3 nitrogen and oxygen atoms in total. The third kappa shape index (κ3) is 3.20. The molecule has 0 aromatic carbocycles. The Balaban J connectivity index is 2.07. The molecular weight excluding hydrogens is 272 g/mol. The third-order valence-corrected chi connectivity index (χ3v) is 5.24. The van der Waals surface area contributed by atoms with E-state index in [0.717, 1.165) is 48.1 Å². The average molecular weight is 299 g/mol. The highest BCUT2D eigenvalue weighted by Crippen LogP contribution is 2.36. The molecule has 20 heavy (non-hydrogen) atoms. The maximum atomic E-state index is 10.5. The number of nitrogens with zero attached hydrogens (tertiary/aromatic N) is 2. The van der Waals surface area contributed by atoms with Gasteiger partial charge in [-0.1, -0.05) is 38.3 Å². The Morgan fingerprint density at radius 3 is 2.65 bits per heavy atom. The SMILES string of the molecule is CCc1nn(CC)c(CC(O)C2CCC(CC)C2)c1Cl. The van der Waals surface area contributed by atoms with Crippen molar-refractivity contribution in [2.45, 2.75) is 71.9 Å². The number of aliphatic hydroxyl groups excluding tert-OH is 1. The summed E-state index contributed by atoms with van der Waals surface area (Å²) in [5, 5.41) is 15.8. The standard InChI is InChI=1S/C16H27ClN2O/c1-4-11-7-8-12(9-11)15(20)10-14-16(17)13(5-2)18-19(14)6-3/h11-12,15,20H,4-10H2,1-3H3. The van der Waals surface area contributed by atoms with E-state index < -0.39 is 0 Å². The topological polar surface area (TPSA) is 38.0 Å². The lowest BCUT2D eigenvalue weighted by Gasteiger charge is -2.19. The van der Waals surface area contributed by atoms with Crippen LogP contribution in [-0.4, -0.2) is 21.0 Å². The Hall–Kier alpha value is -0.540. The predicted octanol–water partition coefficient (Wildman–Crippen LogP) is 3.85. The van der Waals surface area contributed by atoms with Gasteiger partial charge in [0.1, 0.15) is 0 Å². The molecule has 1 saturated carbocycles. The molecule has 1 aliphatic carbocycles. The second-order valence-electron chi connectivity index (χ2n) is 6.00. The molecule has 0 spiro atoms. The first-order chi connectivity index (χ1) is 9.60. The minimum absolute atomic E-state index is 0.282. The lowest BCUT2D eigenvalue weighted by Crippen LogP contribution is -2.22. The average Bonchev–Trinajstić information content (AvgIpc) is 3.05. The number of halogens is 1. The van der Waals surface area contributed by atoms with Gasteiger partial charge in [0.15, 0.2) is 0 Å². The van der Waals surface area contributed by atoms with Gasteiger partial charge in [-0.15, -0.1) is 0 Å². The van der Waals surface area contributed by atoms with E-state index in [-0.39, 0.29) is 6.10 Å². The minimum atomic E-state index is -0.282. The molecule has 2 rings (SSSR count). The molecule has 1 aromatic rings. The van der Waals surface area contributed by atoms with Crippen LogP contribution < -0.4 is 0 Å². The normalized spacial score (nSPS) is 24.2. The van der Waals surface area contributed by atoms with E-state index in [2.05, 4.69) is 25.9 Å². The Kier molecular flexibility index (Phi) is 5.50. The minimum Gasteiger partial charge on any atom is -0.392 e. The highest BCUT2D eigenvalue weighted by atomic mass is 35.5. The van der Waals surface area contributed by atoms with E-state index in [0.29, 0.717) is 12.3 Å². The highest BCUT2D eigenvalue weighted by Gasteiger charge is 2.30. The number of hydrogen-bond acceptors (Lipinski definition) is 2. The van der Waals surface area contributed by atoms with Gasteiger partial charge >= 0.3 is 0 Å². The molecule has 1 aromatic heterocycles. The Bertz CT molecular complexity index is 444. The molecular formula is C16H27ClN2O. The molecule has 0 radical (unpaired) electrons. The summed E-state index contributed by atoms with van der Waals surface area (Å²) in [6.45, 7) is 7.19. The monoisotopic (exact) mass is 298 g/mol. The van der Waals surface area contributed by atoms with Crippen molar-refractivity contribution < 1.29 is 5.11 Å². The zero-order valence-corrected chi connectivity index (χ0v) is 13.7. The van der Waals surface area contributed by atoms with E-state index in [9.17, 15) is 5.11 Å². The van der Waals surface area contributed by atoms with Gasteiger partial charge < -0.3 is 5.11 Å². The molecule has 0 bridgehead atoms. The molecule has 1 heterocycles. The van der Waals surface area contributed by atoms with Crippen molar-refractivity contribution in [2.24, 2.45) is 11.8 Å². The van der Waals surface area contributed by atoms with Crippen molar-refractivity contribution in [3.63, 3.8) is 0 Å². The summed E-state index contributed by atoms with van der Waals surface area (Å²) in [5.41, 5.74) is 1.96. The van der Waals surface area contributed by atoms with Crippen LogP contribution in [0.2, 0.25) is 5.02 Å². The van der Waals surface area contributed by atoms with Crippen molar-refractivity contribution in [2.75, 3.05) is 0 Å². The number of aliphatic hydroxyl groups is 1. The molecule has 0 amide bonds. The Morgan fingerprint density at radius 2 is 2.10 bits per heavy atom. The van der Waals surface area contributed by atoms with Gasteiger partial charge in [-0.3, -0.25) is 4.68 Å². The van der Waals surface area contributed by atoms with Gasteiger partial charge in [-0.25, -0.2) is 0 Å². The van der Waals surface area contributed by atoms with Crippen molar-refractivity contribution in [1.29, 1.82) is 0 Å². The van der Waals surface area contributed by atoms with Crippen LogP contribution in [0.1, 0.15) is 57.8 Å². The maximum Gasteiger partial charge on any atom is 0.0850 e. The predicted molar refractivity (Wildman–Crippen MR) is 83.1 cm³/mol. The first-order valence-corrected chi connectivity index (χ1v) is 8.40. The quantitative estimate of drug-likeness (QED) is 0.866. The van der Waals surface area contributed by atoms with Gasteiger partial charge in [0.05, 0.1) is 22.5 Å². The third-order valence-electron chi connectivity index (χ3n) is 4.80. The summed E-state index contributed by atoms with van der Waals surface area (Å²) in [6.07, 6.45) is 6.01. The van der Waals surface area contributed by atoms with Crippen molar-refractivity contribution in [3.05, 3.63) is 16.4 Å². The molecule has 0 saturated heterocycles. The fourth-order valence-corrected chi connectivity index (χ4v) is 3.76. The van der Waals surface area contributed by atoms with Crippen molar-refractivity contribution in [1.82, 2.24) is 9.78 Å². The molecule has 114 valence electrons. The van der Waals surface area contributed by atoms with Gasteiger partial charge in [0, 0.05) is 13.0 Å². The van der Waals surface area contributed by atoms with E-state index >= 15 is 0 Å². The Morgan fingerprint density at radius 1 is 1.35 bits per heavy atom. The molecule has 1 fully saturated rings. The Labute approximate surface area is 127 Å². The van der Waals surface area contributed by atoms with Crippen LogP contribution in [0.3, 0.4) is 0 Å². The molecule has 1 aliphatic rings. The van der Waals surface area contributed by atoms with Crippen LogP contribution in [0.15, 0.2) is 0 Å². The number of aryl methyl sites for hydroxylation is 2. The second-order valence-corrected chi connectivity index (χ2v) is 6.37. The smallest absolute Gasteiger partial charge is 0.0850 e. The molecule has 3 unspecified atom stereocenters. The van der Waals surface area contributed by atoms with Gasteiger partial charge in [0.25, 0.3) is 0 Å². The fraction of sp³-hybridized carbons (Fsp3) is 0.812. The van der Waals surface area contributed by atoms with Crippen LogP contribution in [0.4, 0.5) is 0 Å². The first kappa shape index (κ1) is 15.8. The largest absolute Gasteiger partial charge is 0.392 e. The van der Waals surface area contributed by atoms with Crippen LogP contribution in [0, 0.1) is 11.8 Å². The van der Waals surface area contributed by atoms with E-state index in [1.54, 1.807) is 0 Å².